The van der Waals surface area contributed by atoms with E-state index in [2.05, 4.69) is 15.6 Å². The number of hydrogen-bond acceptors (Lipinski definition) is 3. The molecular weight excluding hydrogens is 302 g/mol. The third-order valence-corrected chi connectivity index (χ3v) is 4.32. The van der Waals surface area contributed by atoms with Gasteiger partial charge in [0.15, 0.2) is 0 Å². The molecule has 0 aliphatic heterocycles. The van der Waals surface area contributed by atoms with Crippen molar-refractivity contribution in [3.05, 3.63) is 59.8 Å². The number of amides is 2. The summed E-state index contributed by atoms with van der Waals surface area (Å²) in [6.45, 7) is 0.497. The third kappa shape index (κ3) is 4.19. The van der Waals surface area contributed by atoms with Gasteiger partial charge >= 0.3 is 0 Å². The first kappa shape index (κ1) is 16.2. The minimum atomic E-state index is -0.199. The van der Waals surface area contributed by atoms with Crippen molar-refractivity contribution in [1.29, 1.82) is 0 Å². The van der Waals surface area contributed by atoms with Crippen LogP contribution in [0.1, 0.15) is 41.6 Å². The van der Waals surface area contributed by atoms with Crippen LogP contribution in [-0.4, -0.2) is 16.8 Å². The number of nitrogens with one attached hydrogen (secondary N) is 2. The van der Waals surface area contributed by atoms with Gasteiger partial charge in [-0.2, -0.15) is 0 Å². The van der Waals surface area contributed by atoms with Gasteiger partial charge in [0.25, 0.3) is 5.91 Å². The highest BCUT2D eigenvalue weighted by atomic mass is 16.2. The molecular formula is C19H21N3O2. The SMILES string of the molecule is O=C(Nc1ccccn1)c1ccc(CNC(=O)C2CCCC2)cc1. The molecule has 1 saturated carbocycles. The Morgan fingerprint density at radius 2 is 1.79 bits per heavy atom. The lowest BCUT2D eigenvalue weighted by molar-refractivity contribution is -0.124. The Morgan fingerprint density at radius 1 is 1.04 bits per heavy atom. The van der Waals surface area contributed by atoms with Crippen molar-refractivity contribution < 1.29 is 9.59 Å². The van der Waals surface area contributed by atoms with Crippen LogP contribution in [0.5, 0.6) is 0 Å². The summed E-state index contributed by atoms with van der Waals surface area (Å²) < 4.78 is 0. The Kier molecular flexibility index (Phi) is 5.21. The van der Waals surface area contributed by atoms with Gasteiger partial charge in [-0.25, -0.2) is 4.98 Å². The number of nitrogens with zero attached hydrogens (tertiary/aromatic N) is 1. The Balaban J connectivity index is 1.53. The van der Waals surface area contributed by atoms with E-state index in [1.807, 2.05) is 18.2 Å². The number of rotatable bonds is 5. The topological polar surface area (TPSA) is 71.1 Å². The molecule has 24 heavy (non-hydrogen) atoms. The van der Waals surface area contributed by atoms with E-state index in [0.29, 0.717) is 17.9 Å². The van der Waals surface area contributed by atoms with Crippen LogP contribution >= 0.6 is 0 Å². The van der Waals surface area contributed by atoms with E-state index in [1.54, 1.807) is 30.5 Å². The molecule has 1 aromatic heterocycles. The van der Waals surface area contributed by atoms with E-state index in [-0.39, 0.29) is 17.7 Å². The first-order valence-electron chi connectivity index (χ1n) is 8.31. The van der Waals surface area contributed by atoms with E-state index in [0.717, 1.165) is 31.2 Å². The zero-order valence-electron chi connectivity index (χ0n) is 13.5. The predicted molar refractivity (Wildman–Crippen MR) is 92.4 cm³/mol. The number of benzene rings is 1. The fourth-order valence-electron chi connectivity index (χ4n) is 2.92. The van der Waals surface area contributed by atoms with Crippen molar-refractivity contribution in [2.75, 3.05) is 5.32 Å². The summed E-state index contributed by atoms with van der Waals surface area (Å²) in [5.74, 6) is 0.642. The highest BCUT2D eigenvalue weighted by Gasteiger charge is 2.22. The molecule has 0 unspecified atom stereocenters. The van der Waals surface area contributed by atoms with Gasteiger partial charge in [0.05, 0.1) is 0 Å². The molecule has 1 fully saturated rings. The van der Waals surface area contributed by atoms with Crippen LogP contribution in [0.4, 0.5) is 5.82 Å². The van der Waals surface area contributed by atoms with Crippen molar-refractivity contribution in [2.24, 2.45) is 5.92 Å². The molecule has 1 heterocycles. The molecule has 0 bridgehead atoms. The molecule has 0 saturated heterocycles. The maximum Gasteiger partial charge on any atom is 0.256 e. The van der Waals surface area contributed by atoms with Crippen LogP contribution in [0.3, 0.4) is 0 Å². The van der Waals surface area contributed by atoms with Crippen molar-refractivity contribution in [3.8, 4) is 0 Å². The Bertz CT molecular complexity index is 692. The number of carbonyl (C=O) groups excluding carboxylic acids is 2. The fraction of sp³-hybridized carbons (Fsp3) is 0.316. The van der Waals surface area contributed by atoms with Gasteiger partial charge in [-0.15, -0.1) is 0 Å². The molecule has 5 heteroatoms. The van der Waals surface area contributed by atoms with Gasteiger partial charge in [-0.3, -0.25) is 9.59 Å². The summed E-state index contributed by atoms with van der Waals surface area (Å²) in [7, 11) is 0. The molecule has 0 spiro atoms. The smallest absolute Gasteiger partial charge is 0.256 e. The average Bonchev–Trinajstić information content (AvgIpc) is 3.16. The molecule has 2 amide bonds. The lowest BCUT2D eigenvalue weighted by Crippen LogP contribution is -2.28. The van der Waals surface area contributed by atoms with E-state index < -0.39 is 0 Å². The highest BCUT2D eigenvalue weighted by Crippen LogP contribution is 2.24. The zero-order valence-corrected chi connectivity index (χ0v) is 13.5. The van der Waals surface area contributed by atoms with Crippen LogP contribution in [0.2, 0.25) is 0 Å². The number of pyridine rings is 1. The summed E-state index contributed by atoms with van der Waals surface area (Å²) in [6, 6.07) is 12.6. The first-order valence-corrected chi connectivity index (χ1v) is 8.31. The predicted octanol–water partition coefficient (Wildman–Crippen LogP) is 3.14. The van der Waals surface area contributed by atoms with Gasteiger partial charge in [0.1, 0.15) is 5.82 Å². The van der Waals surface area contributed by atoms with Crippen molar-refractivity contribution in [2.45, 2.75) is 32.2 Å². The maximum absolute atomic E-state index is 12.1. The van der Waals surface area contributed by atoms with Crippen molar-refractivity contribution in [3.63, 3.8) is 0 Å². The quantitative estimate of drug-likeness (QED) is 0.888. The van der Waals surface area contributed by atoms with Crippen LogP contribution in [0.25, 0.3) is 0 Å². The zero-order chi connectivity index (χ0) is 16.8. The number of anilines is 1. The second-order valence-corrected chi connectivity index (χ2v) is 6.07. The summed E-state index contributed by atoms with van der Waals surface area (Å²) >= 11 is 0. The van der Waals surface area contributed by atoms with Crippen LogP contribution < -0.4 is 10.6 Å². The molecule has 0 atom stereocenters. The molecule has 0 radical (unpaired) electrons. The normalized spacial score (nSPS) is 14.3. The van der Waals surface area contributed by atoms with Gasteiger partial charge in [0, 0.05) is 24.2 Å². The number of hydrogen-bond donors (Lipinski definition) is 2. The Morgan fingerprint density at radius 3 is 2.46 bits per heavy atom. The lowest BCUT2D eigenvalue weighted by atomic mass is 10.1. The number of aromatic nitrogens is 1. The van der Waals surface area contributed by atoms with Gasteiger partial charge < -0.3 is 10.6 Å². The molecule has 1 aliphatic rings. The molecule has 124 valence electrons. The third-order valence-electron chi connectivity index (χ3n) is 4.32. The van der Waals surface area contributed by atoms with E-state index in [4.69, 9.17) is 0 Å². The van der Waals surface area contributed by atoms with Gasteiger partial charge in [-0.05, 0) is 42.7 Å². The van der Waals surface area contributed by atoms with E-state index >= 15 is 0 Å². The molecule has 2 aromatic rings. The Labute approximate surface area is 141 Å². The van der Waals surface area contributed by atoms with Crippen LogP contribution in [-0.2, 0) is 11.3 Å². The van der Waals surface area contributed by atoms with Crippen molar-refractivity contribution >= 4 is 17.6 Å². The fourth-order valence-corrected chi connectivity index (χ4v) is 2.92. The van der Waals surface area contributed by atoms with Crippen LogP contribution in [0, 0.1) is 5.92 Å². The van der Waals surface area contributed by atoms with Crippen LogP contribution in [0.15, 0.2) is 48.7 Å². The monoisotopic (exact) mass is 323 g/mol. The largest absolute Gasteiger partial charge is 0.352 e. The molecule has 3 rings (SSSR count). The Hall–Kier alpha value is -2.69. The van der Waals surface area contributed by atoms with Gasteiger partial charge in [0.2, 0.25) is 5.91 Å². The second kappa shape index (κ2) is 7.73. The lowest BCUT2D eigenvalue weighted by Gasteiger charge is -2.10. The summed E-state index contributed by atoms with van der Waals surface area (Å²) in [6.07, 6.45) is 5.93. The number of carbonyl (C=O) groups is 2. The summed E-state index contributed by atoms with van der Waals surface area (Å²) in [5.41, 5.74) is 1.54. The maximum atomic E-state index is 12.1. The highest BCUT2D eigenvalue weighted by molar-refractivity contribution is 6.03. The minimum Gasteiger partial charge on any atom is -0.352 e. The van der Waals surface area contributed by atoms with E-state index in [9.17, 15) is 9.59 Å². The minimum absolute atomic E-state index is 0.143. The molecule has 1 aliphatic carbocycles. The standard InChI is InChI=1S/C19H21N3O2/c23-18(15-5-1-2-6-15)21-13-14-8-10-16(11-9-14)19(24)22-17-7-3-4-12-20-17/h3-4,7-12,15H,1-2,5-6,13H2,(H,21,23)(H,20,22,24). The average molecular weight is 323 g/mol. The van der Waals surface area contributed by atoms with Gasteiger partial charge in [-0.1, -0.05) is 31.0 Å². The van der Waals surface area contributed by atoms with E-state index in [1.165, 1.54) is 0 Å². The summed E-state index contributed by atoms with van der Waals surface area (Å²) in [4.78, 5) is 28.2. The summed E-state index contributed by atoms with van der Waals surface area (Å²) in [5, 5.41) is 5.73. The van der Waals surface area contributed by atoms with Crippen molar-refractivity contribution in [1.82, 2.24) is 10.3 Å². The molecule has 2 N–H and O–H groups in total. The molecule has 5 nitrogen and oxygen atoms in total. The second-order valence-electron chi connectivity index (χ2n) is 6.07. The first-order chi connectivity index (χ1) is 11.7. The molecule has 1 aromatic carbocycles.